The van der Waals surface area contributed by atoms with Crippen LogP contribution in [0.1, 0.15) is 68.8 Å². The van der Waals surface area contributed by atoms with Gasteiger partial charge in [0, 0.05) is 43.3 Å². The lowest BCUT2D eigenvalue weighted by atomic mass is 9.96. The third kappa shape index (κ3) is 5.76. The van der Waals surface area contributed by atoms with Crippen molar-refractivity contribution in [3.63, 3.8) is 0 Å². The number of ether oxygens (including phenoxy) is 1. The molecule has 1 aromatic carbocycles. The quantitative estimate of drug-likeness (QED) is 0.542. The van der Waals surface area contributed by atoms with E-state index < -0.39 is 15.9 Å². The molecule has 3 saturated heterocycles. The predicted octanol–water partition coefficient (Wildman–Crippen LogP) is 2.95. The summed E-state index contributed by atoms with van der Waals surface area (Å²) in [4.78, 5) is 43.4. The average molecular weight is 573 g/mol. The van der Waals surface area contributed by atoms with E-state index in [4.69, 9.17) is 4.74 Å². The molecule has 5 rings (SSSR count). The minimum atomic E-state index is -3.03. The monoisotopic (exact) mass is 572 g/mol. The van der Waals surface area contributed by atoms with E-state index in [2.05, 4.69) is 10.2 Å². The van der Waals surface area contributed by atoms with Crippen molar-refractivity contribution in [2.75, 3.05) is 31.7 Å². The van der Waals surface area contributed by atoms with E-state index >= 15 is 0 Å². The number of para-hydroxylation sites is 1. The topological polar surface area (TPSA) is 118 Å². The molecular weight excluding hydrogens is 532 g/mol. The van der Waals surface area contributed by atoms with Crippen LogP contribution in [-0.2, 0) is 14.6 Å². The maximum absolute atomic E-state index is 13.4. The zero-order valence-corrected chi connectivity index (χ0v) is 24.4. The molecule has 2 aromatic rings. The normalized spacial score (nSPS) is 24.8. The Hall–Kier alpha value is -2.92. The Morgan fingerprint density at radius 1 is 1.07 bits per heavy atom. The summed E-state index contributed by atoms with van der Waals surface area (Å²) in [5, 5.41) is 4.02. The highest BCUT2D eigenvalue weighted by Gasteiger charge is 2.42. The van der Waals surface area contributed by atoms with Gasteiger partial charge in [-0.25, -0.2) is 13.2 Å². The minimum Gasteiger partial charge on any atom is -0.453 e. The number of carbonyl (C=O) groups is 2. The van der Waals surface area contributed by atoms with E-state index in [1.54, 1.807) is 15.5 Å². The van der Waals surface area contributed by atoms with Gasteiger partial charge in [-0.3, -0.25) is 14.5 Å². The highest BCUT2D eigenvalue weighted by Crippen LogP contribution is 2.36. The summed E-state index contributed by atoms with van der Waals surface area (Å²) in [6.45, 7) is 5.05. The second kappa shape index (κ2) is 11.5. The van der Waals surface area contributed by atoms with Crippen LogP contribution >= 0.6 is 0 Å². The van der Waals surface area contributed by atoms with E-state index in [1.165, 1.54) is 7.11 Å². The van der Waals surface area contributed by atoms with Crippen LogP contribution in [0.2, 0.25) is 0 Å². The van der Waals surface area contributed by atoms with Gasteiger partial charge in [-0.15, -0.1) is 0 Å². The van der Waals surface area contributed by atoms with Gasteiger partial charge in [0.2, 0.25) is 0 Å². The molecule has 2 bridgehead atoms. The van der Waals surface area contributed by atoms with Gasteiger partial charge in [-0.1, -0.05) is 18.2 Å². The SMILES string of the molecule is COC(=O)N(CCN1[C@@H]2CC[C@H]1C[C@@H](NC(=O)c1cc3ccccc3n(C(C)C)c1=O)C2)C1CCS(=O)(=O)CC1. The summed E-state index contributed by atoms with van der Waals surface area (Å²) < 4.78 is 30.5. The Morgan fingerprint density at radius 3 is 2.35 bits per heavy atom. The lowest BCUT2D eigenvalue weighted by Crippen LogP contribution is -2.54. The van der Waals surface area contributed by atoms with E-state index in [1.807, 2.05) is 38.1 Å². The van der Waals surface area contributed by atoms with Crippen LogP contribution in [-0.4, -0.2) is 90.7 Å². The summed E-state index contributed by atoms with van der Waals surface area (Å²) >= 11 is 0. The molecule has 0 radical (unpaired) electrons. The standard InChI is InChI=1S/C29H40N4O6S/c1-19(2)33-26-7-5-4-6-20(26)16-25(28(33)35)27(34)30-21-17-23-8-9-24(18-21)31(23)12-13-32(29(36)39-3)22-10-14-40(37,38)15-11-22/h4-7,16,19,21-24H,8-15,17-18H2,1-3H3,(H,30,34)/t21-,23+,24-. The van der Waals surface area contributed by atoms with Crippen molar-refractivity contribution in [1.82, 2.24) is 19.7 Å². The lowest BCUT2D eigenvalue weighted by molar-refractivity contribution is 0.0682. The van der Waals surface area contributed by atoms with Crippen LogP contribution < -0.4 is 10.9 Å². The Morgan fingerprint density at radius 2 is 1.73 bits per heavy atom. The number of sulfone groups is 1. The number of hydrogen-bond donors (Lipinski definition) is 1. The Labute approximate surface area is 235 Å². The molecule has 0 unspecified atom stereocenters. The Kier molecular flexibility index (Phi) is 8.24. The summed E-state index contributed by atoms with van der Waals surface area (Å²) in [5.74, 6) is -0.130. The van der Waals surface area contributed by atoms with Gasteiger partial charge in [-0.2, -0.15) is 0 Å². The van der Waals surface area contributed by atoms with E-state index in [-0.39, 0.29) is 58.7 Å². The molecule has 218 valence electrons. The van der Waals surface area contributed by atoms with Gasteiger partial charge in [0.15, 0.2) is 0 Å². The molecule has 2 amide bonds. The fourth-order valence-electron chi connectivity index (χ4n) is 6.93. The van der Waals surface area contributed by atoms with E-state index in [0.29, 0.717) is 25.9 Å². The molecule has 3 aliphatic rings. The number of nitrogens with one attached hydrogen (secondary N) is 1. The Bertz CT molecular complexity index is 1410. The number of rotatable bonds is 7. The zero-order valence-electron chi connectivity index (χ0n) is 23.5. The van der Waals surface area contributed by atoms with Crippen LogP contribution in [0, 0.1) is 0 Å². The van der Waals surface area contributed by atoms with Gasteiger partial charge in [0.1, 0.15) is 15.4 Å². The van der Waals surface area contributed by atoms with Gasteiger partial charge in [-0.05, 0) is 69.9 Å². The summed E-state index contributed by atoms with van der Waals surface area (Å²) in [6.07, 6.45) is 4.07. The fraction of sp³-hybridized carbons (Fsp3) is 0.621. The molecule has 3 atom stereocenters. The first kappa shape index (κ1) is 28.6. The largest absolute Gasteiger partial charge is 0.453 e. The van der Waals surface area contributed by atoms with Crippen molar-refractivity contribution in [3.05, 3.63) is 46.2 Å². The Balaban J connectivity index is 1.24. The highest BCUT2D eigenvalue weighted by molar-refractivity contribution is 7.91. The first-order valence-electron chi connectivity index (χ1n) is 14.3. The molecule has 10 nitrogen and oxygen atoms in total. The first-order chi connectivity index (χ1) is 19.1. The van der Waals surface area contributed by atoms with Crippen molar-refractivity contribution in [3.8, 4) is 0 Å². The van der Waals surface area contributed by atoms with Crippen LogP contribution in [0.25, 0.3) is 10.9 Å². The maximum atomic E-state index is 13.4. The highest BCUT2D eigenvalue weighted by atomic mass is 32.2. The van der Waals surface area contributed by atoms with Crippen LogP contribution in [0.15, 0.2) is 35.1 Å². The van der Waals surface area contributed by atoms with Crippen molar-refractivity contribution in [2.24, 2.45) is 0 Å². The van der Waals surface area contributed by atoms with E-state index in [0.717, 1.165) is 36.6 Å². The van der Waals surface area contributed by atoms with Crippen LogP contribution in [0.4, 0.5) is 4.79 Å². The third-order valence-electron chi connectivity index (χ3n) is 8.90. The van der Waals surface area contributed by atoms with Crippen molar-refractivity contribution in [2.45, 2.75) is 82.6 Å². The summed E-state index contributed by atoms with van der Waals surface area (Å²) in [5.41, 5.74) is 0.719. The molecule has 1 N–H and O–H groups in total. The molecule has 3 fully saturated rings. The molecule has 0 spiro atoms. The van der Waals surface area contributed by atoms with Crippen molar-refractivity contribution >= 4 is 32.7 Å². The van der Waals surface area contributed by atoms with Gasteiger partial charge in [0.25, 0.3) is 11.5 Å². The molecule has 40 heavy (non-hydrogen) atoms. The first-order valence-corrected chi connectivity index (χ1v) is 16.2. The third-order valence-corrected chi connectivity index (χ3v) is 10.6. The summed E-state index contributed by atoms with van der Waals surface area (Å²) in [7, 11) is -1.67. The predicted molar refractivity (Wildman–Crippen MR) is 153 cm³/mol. The molecule has 0 saturated carbocycles. The number of benzene rings is 1. The molecule has 4 heterocycles. The molecule has 11 heteroatoms. The molecule has 3 aliphatic heterocycles. The fourth-order valence-corrected chi connectivity index (χ4v) is 8.40. The second-order valence-electron chi connectivity index (χ2n) is 11.7. The minimum absolute atomic E-state index is 0.0279. The van der Waals surface area contributed by atoms with Crippen LogP contribution in [0.3, 0.4) is 0 Å². The average Bonchev–Trinajstić information content (AvgIpc) is 3.15. The van der Waals surface area contributed by atoms with Crippen molar-refractivity contribution in [1.29, 1.82) is 0 Å². The number of nitrogens with zero attached hydrogens (tertiary/aromatic N) is 3. The number of methoxy groups -OCH3 is 1. The van der Waals surface area contributed by atoms with Crippen molar-refractivity contribution < 1.29 is 22.7 Å². The number of aromatic nitrogens is 1. The number of pyridine rings is 1. The van der Waals surface area contributed by atoms with Gasteiger partial charge >= 0.3 is 6.09 Å². The molecule has 0 aliphatic carbocycles. The maximum Gasteiger partial charge on any atom is 0.409 e. The zero-order chi connectivity index (χ0) is 28.6. The number of piperidine rings is 1. The van der Waals surface area contributed by atoms with Gasteiger partial charge in [0.05, 0.1) is 24.1 Å². The summed E-state index contributed by atoms with van der Waals surface area (Å²) in [6, 6.07) is 9.65. The molecule has 1 aromatic heterocycles. The van der Waals surface area contributed by atoms with Crippen LogP contribution in [0.5, 0.6) is 0 Å². The van der Waals surface area contributed by atoms with Gasteiger partial charge < -0.3 is 19.5 Å². The lowest BCUT2D eigenvalue weighted by Gasteiger charge is -2.41. The number of hydrogen-bond acceptors (Lipinski definition) is 7. The molecular formula is C29H40N4O6S. The smallest absolute Gasteiger partial charge is 0.409 e. The second-order valence-corrected chi connectivity index (χ2v) is 14.0. The number of fused-ring (bicyclic) bond motifs is 3. The number of carbonyl (C=O) groups excluding carboxylic acids is 2. The van der Waals surface area contributed by atoms with E-state index in [9.17, 15) is 22.8 Å². The number of amides is 2.